The van der Waals surface area contributed by atoms with Crippen molar-refractivity contribution in [3.8, 4) is 0 Å². The number of halogens is 3. The van der Waals surface area contributed by atoms with Crippen molar-refractivity contribution in [3.63, 3.8) is 0 Å². The molecule has 0 spiro atoms. The first-order chi connectivity index (χ1) is 10.5. The molecule has 2 rings (SSSR count). The highest BCUT2D eigenvalue weighted by Gasteiger charge is 2.38. The fraction of sp³-hybridized carbons (Fsp3) is 0.444. The number of fused-ring (bicyclic) bond motifs is 1. The summed E-state index contributed by atoms with van der Waals surface area (Å²) in [5, 5.41) is 0. The summed E-state index contributed by atoms with van der Waals surface area (Å²) in [5.74, 6) is -1.94. The molecule has 2 aromatic rings. The molecular weight excluding hydrogens is 344 g/mol. The molecule has 0 amide bonds. The first kappa shape index (κ1) is 17.4. The number of hydrogen-bond acceptors (Lipinski definition) is 7. The van der Waals surface area contributed by atoms with E-state index in [-0.39, 0.29) is 22.9 Å². The van der Waals surface area contributed by atoms with Crippen LogP contribution in [0.25, 0.3) is 11.2 Å². The summed E-state index contributed by atoms with van der Waals surface area (Å²) in [4.78, 5) is 27.9. The van der Waals surface area contributed by atoms with Crippen molar-refractivity contribution >= 4 is 30.5 Å². The number of nitrogens with two attached hydrogens (primary N) is 2. The van der Waals surface area contributed by atoms with Gasteiger partial charge in [0.15, 0.2) is 17.0 Å². The van der Waals surface area contributed by atoms with Crippen LogP contribution >= 0.6 is 7.60 Å². The Kier molecular flexibility index (Phi) is 4.48. The standard InChI is InChI=1S/C9H12F3N6O4P/c10-9(11,12)7-15-4-5(13)16-8(14)17-6(4)18(7)1-2-22-3-23(19,20)21/h1-3H2,(H2,19,20,21)(H4,13,14,16,17). The van der Waals surface area contributed by atoms with Crippen LogP contribution in [0.15, 0.2) is 0 Å². The van der Waals surface area contributed by atoms with Crippen molar-refractivity contribution in [1.82, 2.24) is 19.5 Å². The number of aromatic nitrogens is 4. The summed E-state index contributed by atoms with van der Waals surface area (Å²) < 4.78 is 55.1. The molecule has 0 bridgehead atoms. The highest BCUT2D eigenvalue weighted by atomic mass is 31.2. The minimum Gasteiger partial charge on any atom is -0.382 e. The third kappa shape index (κ3) is 4.07. The van der Waals surface area contributed by atoms with E-state index in [1.165, 1.54) is 0 Å². The van der Waals surface area contributed by atoms with E-state index in [9.17, 15) is 17.7 Å². The molecule has 0 unspecified atom stereocenters. The largest absolute Gasteiger partial charge is 0.449 e. The molecule has 23 heavy (non-hydrogen) atoms. The Morgan fingerprint density at radius 3 is 2.43 bits per heavy atom. The average Bonchev–Trinajstić information content (AvgIpc) is 2.72. The summed E-state index contributed by atoms with van der Waals surface area (Å²) in [6, 6.07) is 0. The Morgan fingerprint density at radius 1 is 1.22 bits per heavy atom. The Hall–Kier alpha value is -1.95. The molecule has 0 saturated carbocycles. The summed E-state index contributed by atoms with van der Waals surface area (Å²) in [6.45, 7) is -0.829. The molecule has 14 heteroatoms. The lowest BCUT2D eigenvalue weighted by atomic mass is 10.5. The molecule has 0 atom stereocenters. The molecule has 0 radical (unpaired) electrons. The van der Waals surface area contributed by atoms with E-state index in [4.69, 9.17) is 21.3 Å². The first-order valence-electron chi connectivity index (χ1n) is 5.98. The van der Waals surface area contributed by atoms with Crippen LogP contribution in [0.4, 0.5) is 24.9 Å². The van der Waals surface area contributed by atoms with Gasteiger partial charge in [-0.25, -0.2) is 4.98 Å². The topological polar surface area (TPSA) is 162 Å². The number of rotatable bonds is 5. The molecule has 0 aliphatic carbocycles. The molecule has 2 aromatic heterocycles. The van der Waals surface area contributed by atoms with Gasteiger partial charge in [0, 0.05) is 6.54 Å². The zero-order valence-corrected chi connectivity index (χ0v) is 12.3. The van der Waals surface area contributed by atoms with Crippen molar-refractivity contribution in [1.29, 1.82) is 0 Å². The van der Waals surface area contributed by atoms with E-state index in [0.29, 0.717) is 4.57 Å². The maximum atomic E-state index is 13.0. The third-order valence-electron chi connectivity index (χ3n) is 2.61. The van der Waals surface area contributed by atoms with Gasteiger partial charge < -0.3 is 30.6 Å². The van der Waals surface area contributed by atoms with Crippen molar-refractivity contribution < 1.29 is 32.3 Å². The number of imidazole rings is 1. The van der Waals surface area contributed by atoms with Gasteiger partial charge in [-0.15, -0.1) is 0 Å². The molecule has 10 nitrogen and oxygen atoms in total. The van der Waals surface area contributed by atoms with Gasteiger partial charge in [-0.3, -0.25) is 4.57 Å². The van der Waals surface area contributed by atoms with Crippen LogP contribution < -0.4 is 11.5 Å². The van der Waals surface area contributed by atoms with Crippen LogP contribution in [0.2, 0.25) is 0 Å². The van der Waals surface area contributed by atoms with Gasteiger partial charge in [-0.1, -0.05) is 0 Å². The molecule has 0 saturated heterocycles. The monoisotopic (exact) mass is 356 g/mol. The summed E-state index contributed by atoms with van der Waals surface area (Å²) in [5.41, 5.74) is 10.3. The van der Waals surface area contributed by atoms with Crippen LogP contribution in [-0.2, 0) is 22.0 Å². The fourth-order valence-electron chi connectivity index (χ4n) is 1.81. The molecule has 0 fully saturated rings. The highest BCUT2D eigenvalue weighted by Crippen LogP contribution is 2.34. The number of nitrogen functional groups attached to an aromatic ring is 2. The summed E-state index contributed by atoms with van der Waals surface area (Å²) >= 11 is 0. The lowest BCUT2D eigenvalue weighted by molar-refractivity contribution is -0.147. The van der Waals surface area contributed by atoms with Gasteiger partial charge in [0.2, 0.25) is 11.8 Å². The second-order valence-electron chi connectivity index (χ2n) is 4.43. The third-order valence-corrected chi connectivity index (χ3v) is 3.13. The smallest absolute Gasteiger partial charge is 0.382 e. The van der Waals surface area contributed by atoms with Crippen LogP contribution in [0.5, 0.6) is 0 Å². The Morgan fingerprint density at radius 2 is 1.87 bits per heavy atom. The second-order valence-corrected chi connectivity index (χ2v) is 6.01. The molecule has 0 aliphatic rings. The Balaban J connectivity index is 2.37. The predicted octanol–water partition coefficient (Wildman–Crippen LogP) is 0.161. The van der Waals surface area contributed by atoms with Gasteiger partial charge in [0.1, 0.15) is 6.35 Å². The summed E-state index contributed by atoms with van der Waals surface area (Å²) in [7, 11) is -4.42. The van der Waals surface area contributed by atoms with Gasteiger partial charge in [0.25, 0.3) is 0 Å². The lowest BCUT2D eigenvalue weighted by Crippen LogP contribution is -2.18. The zero-order valence-electron chi connectivity index (χ0n) is 11.4. The highest BCUT2D eigenvalue weighted by molar-refractivity contribution is 7.51. The van der Waals surface area contributed by atoms with Crippen LogP contribution in [0.1, 0.15) is 5.82 Å². The Bertz CT molecular complexity index is 773. The van der Waals surface area contributed by atoms with Crippen LogP contribution in [0, 0.1) is 0 Å². The predicted molar refractivity (Wildman–Crippen MR) is 72.0 cm³/mol. The van der Waals surface area contributed by atoms with Gasteiger partial charge in [0.05, 0.1) is 6.61 Å². The van der Waals surface area contributed by atoms with Gasteiger partial charge in [-0.05, 0) is 0 Å². The minimum absolute atomic E-state index is 0.248. The number of alkyl halides is 3. The number of hydrogen-bond donors (Lipinski definition) is 4. The van der Waals surface area contributed by atoms with Crippen LogP contribution in [0.3, 0.4) is 0 Å². The molecule has 6 N–H and O–H groups in total. The van der Waals surface area contributed by atoms with Crippen molar-refractivity contribution in [3.05, 3.63) is 5.82 Å². The number of anilines is 2. The fourth-order valence-corrected chi connectivity index (χ4v) is 2.17. The Labute approximate surface area is 126 Å². The van der Waals surface area contributed by atoms with Crippen molar-refractivity contribution in [2.45, 2.75) is 12.7 Å². The zero-order chi connectivity index (χ0) is 17.4. The molecule has 0 aromatic carbocycles. The van der Waals surface area contributed by atoms with Gasteiger partial charge in [-0.2, -0.15) is 23.1 Å². The maximum absolute atomic E-state index is 13.0. The quantitative estimate of drug-likeness (QED) is 0.432. The van der Waals surface area contributed by atoms with Crippen molar-refractivity contribution in [2.75, 3.05) is 24.4 Å². The minimum atomic E-state index is -4.80. The van der Waals surface area contributed by atoms with E-state index >= 15 is 0 Å². The molecule has 128 valence electrons. The maximum Gasteiger partial charge on any atom is 0.449 e. The molecule has 0 aliphatic heterocycles. The molecular formula is C9H12F3N6O4P. The molecule has 2 heterocycles. The number of nitrogens with zero attached hydrogens (tertiary/aromatic N) is 4. The van der Waals surface area contributed by atoms with E-state index in [1.54, 1.807) is 0 Å². The van der Waals surface area contributed by atoms with E-state index < -0.39 is 39.1 Å². The van der Waals surface area contributed by atoms with E-state index in [2.05, 4.69) is 19.7 Å². The van der Waals surface area contributed by atoms with E-state index in [0.717, 1.165) is 0 Å². The van der Waals surface area contributed by atoms with E-state index in [1.807, 2.05) is 0 Å². The first-order valence-corrected chi connectivity index (χ1v) is 7.77. The second kappa shape index (κ2) is 5.92. The average molecular weight is 356 g/mol. The van der Waals surface area contributed by atoms with Crippen LogP contribution in [-0.4, -0.2) is 42.3 Å². The van der Waals surface area contributed by atoms with Gasteiger partial charge >= 0.3 is 13.8 Å². The number of ether oxygens (including phenoxy) is 1. The SMILES string of the molecule is Nc1nc(N)c2nc(C(F)(F)F)n(CCOCP(=O)(O)O)c2n1. The summed E-state index contributed by atoms with van der Waals surface area (Å²) in [6.07, 6.45) is -5.72. The van der Waals surface area contributed by atoms with Crippen molar-refractivity contribution in [2.24, 2.45) is 0 Å². The normalized spacial score (nSPS) is 12.9. The lowest BCUT2D eigenvalue weighted by Gasteiger charge is -2.11.